The zero-order valence-electron chi connectivity index (χ0n) is 29.6. The fourth-order valence-electron chi connectivity index (χ4n) is 7.95. The summed E-state index contributed by atoms with van der Waals surface area (Å²) in [5.41, 5.74) is 14.4. The molecule has 0 spiro atoms. The van der Waals surface area contributed by atoms with Crippen molar-refractivity contribution in [3.63, 3.8) is 0 Å². The number of benzene rings is 9. The molecule has 0 saturated carbocycles. The van der Waals surface area contributed by atoms with Crippen LogP contribution in [0, 0.1) is 0 Å². The highest BCUT2D eigenvalue weighted by molar-refractivity contribution is 6.27. The number of para-hydroxylation sites is 2. The van der Waals surface area contributed by atoms with Crippen molar-refractivity contribution in [3.8, 4) is 44.5 Å². The Balaban J connectivity index is 1.29. The molecule has 1 heterocycles. The van der Waals surface area contributed by atoms with E-state index in [2.05, 4.69) is 217 Å². The maximum atomic E-state index is 6.76. The van der Waals surface area contributed by atoms with Crippen LogP contribution in [-0.4, -0.2) is 0 Å². The van der Waals surface area contributed by atoms with E-state index in [1.54, 1.807) is 0 Å². The minimum Gasteiger partial charge on any atom is -0.455 e. The number of hydrogen-bond donors (Lipinski definition) is 0. The highest BCUT2D eigenvalue weighted by Gasteiger charge is 2.27. The number of furan rings is 1. The monoisotopic (exact) mass is 689 g/mol. The molecule has 0 atom stereocenters. The molecule has 10 rings (SSSR count). The summed E-state index contributed by atoms with van der Waals surface area (Å²) in [6.45, 7) is 0. The third kappa shape index (κ3) is 5.44. The molecule has 0 amide bonds. The zero-order valence-corrected chi connectivity index (χ0v) is 29.6. The molecule has 0 radical (unpaired) electrons. The average molecular weight is 690 g/mol. The van der Waals surface area contributed by atoms with E-state index in [1.807, 2.05) is 0 Å². The van der Waals surface area contributed by atoms with Crippen molar-refractivity contribution in [2.45, 2.75) is 0 Å². The summed E-state index contributed by atoms with van der Waals surface area (Å²) in [6.07, 6.45) is 0. The quantitative estimate of drug-likeness (QED) is 0.166. The predicted octanol–water partition coefficient (Wildman–Crippen LogP) is 14.9. The van der Waals surface area contributed by atoms with Crippen molar-refractivity contribution >= 4 is 49.8 Å². The Morgan fingerprint density at radius 3 is 1.44 bits per heavy atom. The lowest BCUT2D eigenvalue weighted by atomic mass is 9.91. The fourth-order valence-corrected chi connectivity index (χ4v) is 7.95. The van der Waals surface area contributed by atoms with Gasteiger partial charge >= 0.3 is 0 Å². The molecule has 254 valence electrons. The molecule has 0 fully saturated rings. The summed E-state index contributed by atoms with van der Waals surface area (Å²) in [4.78, 5) is 2.47. The third-order valence-corrected chi connectivity index (χ3v) is 10.5. The van der Waals surface area contributed by atoms with Gasteiger partial charge in [-0.05, 0) is 57.6 Å². The first kappa shape index (κ1) is 31.6. The first-order chi connectivity index (χ1) is 26.8. The van der Waals surface area contributed by atoms with Crippen LogP contribution in [0.2, 0.25) is 0 Å². The molecule has 0 saturated heterocycles. The van der Waals surface area contributed by atoms with Crippen molar-refractivity contribution in [1.82, 2.24) is 0 Å². The van der Waals surface area contributed by atoms with E-state index >= 15 is 0 Å². The van der Waals surface area contributed by atoms with Gasteiger partial charge in [-0.15, -0.1) is 0 Å². The molecule has 10 aromatic rings. The lowest BCUT2D eigenvalue weighted by molar-refractivity contribution is 0.673. The van der Waals surface area contributed by atoms with Crippen molar-refractivity contribution in [1.29, 1.82) is 0 Å². The van der Waals surface area contributed by atoms with Crippen molar-refractivity contribution in [2.24, 2.45) is 0 Å². The SMILES string of the molecule is c1ccc(-c2ccc(-c3ccccc3N(c3ccc(-c4ccccc4)cc3)c3c(-c4ccccc4)c4c5ccccc5oc4c4ccccc34)cc2)cc1. The molecule has 0 bridgehead atoms. The van der Waals surface area contributed by atoms with Gasteiger partial charge in [0.1, 0.15) is 11.2 Å². The topological polar surface area (TPSA) is 16.4 Å². The second-order valence-electron chi connectivity index (χ2n) is 13.6. The molecule has 54 heavy (non-hydrogen) atoms. The molecule has 1 aromatic heterocycles. The Hall–Kier alpha value is -7.16. The van der Waals surface area contributed by atoms with Crippen molar-refractivity contribution in [3.05, 3.63) is 212 Å². The third-order valence-electron chi connectivity index (χ3n) is 10.5. The van der Waals surface area contributed by atoms with Gasteiger partial charge in [-0.1, -0.05) is 188 Å². The van der Waals surface area contributed by atoms with Gasteiger partial charge < -0.3 is 9.32 Å². The second kappa shape index (κ2) is 13.4. The molecule has 0 unspecified atom stereocenters. The van der Waals surface area contributed by atoms with E-state index in [1.165, 1.54) is 22.3 Å². The highest BCUT2D eigenvalue weighted by Crippen LogP contribution is 2.53. The standard InChI is InChI=1S/C52H35NO/c1-4-16-36(17-5-1)38-28-30-40(31-29-38)43-22-12-14-26-47(43)53(42-34-32-39(33-35-42)37-18-6-2-7-19-37)51-44-23-10-11-24-45(44)52-50(46-25-13-15-27-48(46)54-52)49(51)41-20-8-3-9-21-41/h1-35H. The Bertz CT molecular complexity index is 2890. The molecule has 2 heteroatoms. The van der Waals surface area contributed by atoms with Gasteiger partial charge in [-0.25, -0.2) is 0 Å². The van der Waals surface area contributed by atoms with Gasteiger partial charge in [0.2, 0.25) is 0 Å². The van der Waals surface area contributed by atoms with Crippen molar-refractivity contribution < 1.29 is 4.42 Å². The molecular weight excluding hydrogens is 655 g/mol. The van der Waals surface area contributed by atoms with E-state index in [4.69, 9.17) is 4.42 Å². The normalized spacial score (nSPS) is 11.3. The molecule has 0 N–H and O–H groups in total. The van der Waals surface area contributed by atoms with Crippen LogP contribution >= 0.6 is 0 Å². The van der Waals surface area contributed by atoms with Crippen LogP contribution in [0.4, 0.5) is 17.1 Å². The summed E-state index contributed by atoms with van der Waals surface area (Å²) >= 11 is 0. The van der Waals surface area contributed by atoms with E-state index in [0.717, 1.165) is 72.0 Å². The lowest BCUT2D eigenvalue weighted by Crippen LogP contribution is -2.13. The van der Waals surface area contributed by atoms with E-state index in [-0.39, 0.29) is 0 Å². The van der Waals surface area contributed by atoms with Gasteiger partial charge in [0.05, 0.1) is 11.4 Å². The molecule has 0 aliphatic heterocycles. The van der Waals surface area contributed by atoms with Crippen LogP contribution in [-0.2, 0) is 0 Å². The van der Waals surface area contributed by atoms with Crippen LogP contribution in [0.3, 0.4) is 0 Å². The van der Waals surface area contributed by atoms with E-state index < -0.39 is 0 Å². The number of anilines is 3. The van der Waals surface area contributed by atoms with E-state index in [0.29, 0.717) is 0 Å². The summed E-state index contributed by atoms with van der Waals surface area (Å²) in [7, 11) is 0. The molecular formula is C52H35NO. The first-order valence-electron chi connectivity index (χ1n) is 18.4. The van der Waals surface area contributed by atoms with Crippen LogP contribution in [0.1, 0.15) is 0 Å². The molecule has 0 aliphatic carbocycles. The minimum absolute atomic E-state index is 0.879. The van der Waals surface area contributed by atoms with Crippen molar-refractivity contribution in [2.75, 3.05) is 4.90 Å². The maximum Gasteiger partial charge on any atom is 0.144 e. The smallest absolute Gasteiger partial charge is 0.144 e. The Morgan fingerprint density at radius 1 is 0.333 bits per heavy atom. The number of hydrogen-bond acceptors (Lipinski definition) is 2. The van der Waals surface area contributed by atoms with Crippen LogP contribution in [0.5, 0.6) is 0 Å². The first-order valence-corrected chi connectivity index (χ1v) is 18.4. The van der Waals surface area contributed by atoms with Crippen LogP contribution in [0.25, 0.3) is 77.2 Å². The van der Waals surface area contributed by atoms with Gasteiger partial charge in [0.15, 0.2) is 0 Å². The summed E-state index contributed by atoms with van der Waals surface area (Å²) in [5.74, 6) is 0. The molecule has 9 aromatic carbocycles. The van der Waals surface area contributed by atoms with Gasteiger partial charge in [-0.3, -0.25) is 0 Å². The number of rotatable bonds is 7. The summed E-state index contributed by atoms with van der Waals surface area (Å²) in [5, 5.41) is 4.40. The van der Waals surface area contributed by atoms with Gasteiger partial charge in [0.25, 0.3) is 0 Å². The highest BCUT2D eigenvalue weighted by atomic mass is 16.3. The second-order valence-corrected chi connectivity index (χ2v) is 13.6. The van der Waals surface area contributed by atoms with Crippen LogP contribution in [0.15, 0.2) is 217 Å². The van der Waals surface area contributed by atoms with Gasteiger partial charge in [-0.2, -0.15) is 0 Å². The fraction of sp³-hybridized carbons (Fsp3) is 0. The zero-order chi connectivity index (χ0) is 35.8. The Kier molecular flexibility index (Phi) is 7.85. The number of nitrogens with zero attached hydrogens (tertiary/aromatic N) is 1. The maximum absolute atomic E-state index is 6.76. The lowest BCUT2D eigenvalue weighted by Gasteiger charge is -2.31. The van der Waals surface area contributed by atoms with Crippen LogP contribution < -0.4 is 4.90 Å². The summed E-state index contributed by atoms with van der Waals surface area (Å²) < 4.78 is 6.76. The minimum atomic E-state index is 0.879. The molecule has 2 nitrogen and oxygen atoms in total. The van der Waals surface area contributed by atoms with Gasteiger partial charge in [0, 0.05) is 38.4 Å². The Morgan fingerprint density at radius 2 is 0.796 bits per heavy atom. The summed E-state index contributed by atoms with van der Waals surface area (Å²) in [6, 6.07) is 75.8. The largest absolute Gasteiger partial charge is 0.455 e. The Labute approximate surface area is 314 Å². The number of fused-ring (bicyclic) bond motifs is 5. The predicted molar refractivity (Wildman–Crippen MR) is 228 cm³/mol. The van der Waals surface area contributed by atoms with E-state index in [9.17, 15) is 0 Å². The average Bonchev–Trinajstić information content (AvgIpc) is 3.65. The molecule has 0 aliphatic rings.